The molecule has 0 aliphatic carbocycles. The third-order valence-electron chi connectivity index (χ3n) is 2.29. The van der Waals surface area contributed by atoms with E-state index in [0.29, 0.717) is 5.95 Å². The molecule has 2 aromatic rings. The van der Waals surface area contributed by atoms with Gasteiger partial charge >= 0.3 is 0 Å². The smallest absolute Gasteiger partial charge is 0.224 e. The first-order valence-corrected chi connectivity index (χ1v) is 6.59. The van der Waals surface area contributed by atoms with Crippen LogP contribution in [-0.2, 0) is 0 Å². The van der Waals surface area contributed by atoms with Crippen LogP contribution >= 0.6 is 15.9 Å². The van der Waals surface area contributed by atoms with Crippen molar-refractivity contribution in [3.63, 3.8) is 0 Å². The highest BCUT2D eigenvalue weighted by Crippen LogP contribution is 2.20. The number of anilines is 3. The van der Waals surface area contributed by atoms with Crippen molar-refractivity contribution < 1.29 is 0 Å². The zero-order valence-electron chi connectivity index (χ0n) is 10.4. The Kier molecular flexibility index (Phi) is 4.15. The zero-order chi connectivity index (χ0) is 13.0. The van der Waals surface area contributed by atoms with Crippen LogP contribution in [0.2, 0.25) is 0 Å². The van der Waals surface area contributed by atoms with Gasteiger partial charge in [0.1, 0.15) is 5.82 Å². The molecule has 1 aromatic carbocycles. The molecule has 0 spiro atoms. The minimum Gasteiger partial charge on any atom is -0.354 e. The van der Waals surface area contributed by atoms with E-state index in [1.807, 2.05) is 44.2 Å². The molecule has 5 heteroatoms. The molecule has 1 heterocycles. The number of hydrogen-bond acceptors (Lipinski definition) is 4. The summed E-state index contributed by atoms with van der Waals surface area (Å²) in [5.74, 6) is 1.44. The summed E-state index contributed by atoms with van der Waals surface area (Å²) in [5.41, 5.74) is 1.92. The van der Waals surface area contributed by atoms with Gasteiger partial charge in [0.25, 0.3) is 0 Å². The second-order valence-electron chi connectivity index (χ2n) is 3.88. The van der Waals surface area contributed by atoms with Crippen molar-refractivity contribution in [2.75, 3.05) is 17.2 Å². The van der Waals surface area contributed by atoms with Crippen molar-refractivity contribution in [3.05, 3.63) is 40.5 Å². The van der Waals surface area contributed by atoms with Crippen LogP contribution in [0.5, 0.6) is 0 Å². The van der Waals surface area contributed by atoms with Crippen LogP contribution in [-0.4, -0.2) is 16.5 Å². The van der Waals surface area contributed by atoms with E-state index >= 15 is 0 Å². The van der Waals surface area contributed by atoms with E-state index in [4.69, 9.17) is 0 Å². The zero-order valence-corrected chi connectivity index (χ0v) is 12.0. The van der Waals surface area contributed by atoms with Gasteiger partial charge in [-0.05, 0) is 32.0 Å². The standard InChI is InChI=1S/C13H15BrN4/c1-3-15-13-16-9(2)7-12(18-13)17-11-6-4-5-10(14)8-11/h4-8H,3H2,1-2H3,(H2,15,16,17,18). The normalized spacial score (nSPS) is 10.2. The SMILES string of the molecule is CCNc1nc(C)cc(Nc2cccc(Br)c2)n1. The van der Waals surface area contributed by atoms with Gasteiger partial charge in [-0.15, -0.1) is 0 Å². The molecule has 4 nitrogen and oxygen atoms in total. The summed E-state index contributed by atoms with van der Waals surface area (Å²) in [5, 5.41) is 6.38. The first kappa shape index (κ1) is 12.8. The van der Waals surface area contributed by atoms with Gasteiger partial charge in [0.2, 0.25) is 5.95 Å². The molecule has 0 aliphatic heterocycles. The average molecular weight is 307 g/mol. The third kappa shape index (κ3) is 3.43. The Morgan fingerprint density at radius 2 is 2.06 bits per heavy atom. The quantitative estimate of drug-likeness (QED) is 0.904. The van der Waals surface area contributed by atoms with Crippen molar-refractivity contribution in [2.45, 2.75) is 13.8 Å². The Morgan fingerprint density at radius 3 is 2.78 bits per heavy atom. The average Bonchev–Trinajstić information content (AvgIpc) is 2.28. The number of nitrogens with zero attached hydrogens (tertiary/aromatic N) is 2. The number of aryl methyl sites for hydroxylation is 1. The van der Waals surface area contributed by atoms with Gasteiger partial charge in [-0.1, -0.05) is 22.0 Å². The lowest BCUT2D eigenvalue weighted by molar-refractivity contribution is 1.05. The summed E-state index contributed by atoms with van der Waals surface area (Å²) in [6, 6.07) is 9.88. The molecule has 0 saturated carbocycles. The fourth-order valence-corrected chi connectivity index (χ4v) is 1.98. The molecule has 0 unspecified atom stereocenters. The van der Waals surface area contributed by atoms with E-state index in [9.17, 15) is 0 Å². The monoisotopic (exact) mass is 306 g/mol. The fraction of sp³-hybridized carbons (Fsp3) is 0.231. The van der Waals surface area contributed by atoms with Gasteiger partial charge in [0.05, 0.1) is 0 Å². The molecule has 2 rings (SSSR count). The second kappa shape index (κ2) is 5.82. The first-order chi connectivity index (χ1) is 8.67. The lowest BCUT2D eigenvalue weighted by Gasteiger charge is -2.09. The van der Waals surface area contributed by atoms with Crippen LogP contribution in [0.4, 0.5) is 17.5 Å². The van der Waals surface area contributed by atoms with Crippen LogP contribution in [0.25, 0.3) is 0 Å². The Morgan fingerprint density at radius 1 is 1.22 bits per heavy atom. The molecule has 0 saturated heterocycles. The number of nitrogens with one attached hydrogen (secondary N) is 2. The largest absolute Gasteiger partial charge is 0.354 e. The Labute approximate surface area is 115 Å². The summed E-state index contributed by atoms with van der Waals surface area (Å²) >= 11 is 3.44. The van der Waals surface area contributed by atoms with Crippen LogP contribution in [0.15, 0.2) is 34.8 Å². The van der Waals surface area contributed by atoms with Gasteiger partial charge in [-0.25, -0.2) is 4.98 Å². The van der Waals surface area contributed by atoms with E-state index in [0.717, 1.165) is 28.2 Å². The number of benzene rings is 1. The van der Waals surface area contributed by atoms with E-state index < -0.39 is 0 Å². The Bertz CT molecular complexity index is 542. The molecule has 0 aliphatic rings. The predicted octanol–water partition coefficient (Wildman–Crippen LogP) is 3.72. The molecular weight excluding hydrogens is 292 g/mol. The summed E-state index contributed by atoms with van der Waals surface area (Å²) in [4.78, 5) is 8.71. The summed E-state index contributed by atoms with van der Waals surface area (Å²) in [6.07, 6.45) is 0. The van der Waals surface area contributed by atoms with Crippen molar-refractivity contribution in [1.82, 2.24) is 9.97 Å². The molecule has 94 valence electrons. The highest BCUT2D eigenvalue weighted by atomic mass is 79.9. The molecule has 2 N–H and O–H groups in total. The summed E-state index contributed by atoms with van der Waals surface area (Å²) in [7, 11) is 0. The van der Waals surface area contributed by atoms with Gasteiger partial charge in [-0.2, -0.15) is 4.98 Å². The molecule has 1 aromatic heterocycles. The molecular formula is C13H15BrN4. The minimum atomic E-state index is 0.648. The van der Waals surface area contributed by atoms with Gasteiger partial charge in [0.15, 0.2) is 0 Å². The van der Waals surface area contributed by atoms with Gasteiger partial charge in [0, 0.05) is 28.5 Å². The fourth-order valence-electron chi connectivity index (χ4n) is 1.58. The first-order valence-electron chi connectivity index (χ1n) is 5.79. The topological polar surface area (TPSA) is 49.8 Å². The maximum Gasteiger partial charge on any atom is 0.224 e. The number of hydrogen-bond donors (Lipinski definition) is 2. The highest BCUT2D eigenvalue weighted by molar-refractivity contribution is 9.10. The van der Waals surface area contributed by atoms with Crippen LogP contribution in [0.3, 0.4) is 0 Å². The second-order valence-corrected chi connectivity index (χ2v) is 4.80. The molecule has 0 radical (unpaired) electrons. The predicted molar refractivity (Wildman–Crippen MR) is 78.4 cm³/mol. The lowest BCUT2D eigenvalue weighted by atomic mass is 10.3. The maximum absolute atomic E-state index is 4.40. The summed E-state index contributed by atoms with van der Waals surface area (Å²) < 4.78 is 1.03. The highest BCUT2D eigenvalue weighted by Gasteiger charge is 2.02. The lowest BCUT2D eigenvalue weighted by Crippen LogP contribution is -2.05. The molecule has 18 heavy (non-hydrogen) atoms. The number of rotatable bonds is 4. The Balaban J connectivity index is 2.23. The minimum absolute atomic E-state index is 0.648. The van der Waals surface area contributed by atoms with Gasteiger partial charge < -0.3 is 10.6 Å². The third-order valence-corrected chi connectivity index (χ3v) is 2.78. The molecule has 0 fully saturated rings. The maximum atomic E-state index is 4.40. The van der Waals surface area contributed by atoms with E-state index in [1.54, 1.807) is 0 Å². The van der Waals surface area contributed by atoms with Crippen molar-refractivity contribution in [3.8, 4) is 0 Å². The van der Waals surface area contributed by atoms with Crippen LogP contribution < -0.4 is 10.6 Å². The molecule has 0 atom stereocenters. The number of halogens is 1. The number of aromatic nitrogens is 2. The van der Waals surface area contributed by atoms with Crippen LogP contribution in [0, 0.1) is 6.92 Å². The van der Waals surface area contributed by atoms with E-state index in [-0.39, 0.29) is 0 Å². The van der Waals surface area contributed by atoms with E-state index in [2.05, 4.69) is 36.5 Å². The van der Waals surface area contributed by atoms with Crippen molar-refractivity contribution in [1.29, 1.82) is 0 Å². The van der Waals surface area contributed by atoms with Crippen LogP contribution in [0.1, 0.15) is 12.6 Å². The molecule has 0 amide bonds. The van der Waals surface area contributed by atoms with Gasteiger partial charge in [-0.3, -0.25) is 0 Å². The Hall–Kier alpha value is -1.62. The molecule has 0 bridgehead atoms. The van der Waals surface area contributed by atoms with Crippen molar-refractivity contribution >= 4 is 33.4 Å². The van der Waals surface area contributed by atoms with Crippen molar-refractivity contribution in [2.24, 2.45) is 0 Å². The van der Waals surface area contributed by atoms with E-state index in [1.165, 1.54) is 0 Å². The summed E-state index contributed by atoms with van der Waals surface area (Å²) in [6.45, 7) is 4.78.